The lowest BCUT2D eigenvalue weighted by atomic mass is 10.2. The highest BCUT2D eigenvalue weighted by atomic mass is 35.5. The number of rotatable bonds is 4. The first kappa shape index (κ1) is 15.8. The molecular formula is C14H12ClFN4O2. The molecule has 1 aromatic carbocycles. The molecule has 2 N–H and O–H groups in total. The monoisotopic (exact) mass is 322 g/mol. The quantitative estimate of drug-likeness (QED) is 0.513. The summed E-state index contributed by atoms with van der Waals surface area (Å²) in [7, 11) is 0. The average Bonchev–Trinajstić information content (AvgIpc) is 2.48. The van der Waals surface area contributed by atoms with Crippen molar-refractivity contribution in [3.63, 3.8) is 0 Å². The van der Waals surface area contributed by atoms with E-state index in [1.807, 2.05) is 0 Å². The molecule has 0 unspecified atom stereocenters. The van der Waals surface area contributed by atoms with Gasteiger partial charge in [-0.05, 0) is 30.7 Å². The number of hydrogen-bond donors (Lipinski definition) is 2. The van der Waals surface area contributed by atoms with Crippen molar-refractivity contribution in [2.75, 3.05) is 0 Å². The summed E-state index contributed by atoms with van der Waals surface area (Å²) in [5.41, 5.74) is 1.10. The van der Waals surface area contributed by atoms with Gasteiger partial charge in [0.15, 0.2) is 0 Å². The first-order chi connectivity index (χ1) is 10.5. The molecule has 8 heteroatoms. The molecule has 0 atom stereocenters. The van der Waals surface area contributed by atoms with Crippen LogP contribution in [0.4, 0.5) is 4.39 Å². The number of aromatic nitrogens is 2. The number of benzene rings is 1. The molecule has 0 spiro atoms. The van der Waals surface area contributed by atoms with Crippen molar-refractivity contribution in [1.29, 1.82) is 0 Å². The average molecular weight is 323 g/mol. The van der Waals surface area contributed by atoms with Crippen LogP contribution < -0.4 is 5.32 Å². The summed E-state index contributed by atoms with van der Waals surface area (Å²) in [5.74, 6) is -0.581. The van der Waals surface area contributed by atoms with Gasteiger partial charge in [0.05, 0.1) is 16.9 Å². The second-order valence-corrected chi connectivity index (χ2v) is 4.81. The summed E-state index contributed by atoms with van der Waals surface area (Å²) in [6.45, 7) is 1.79. The Balaban J connectivity index is 2.10. The highest BCUT2D eigenvalue weighted by molar-refractivity contribution is 6.30. The molecule has 0 aliphatic rings. The van der Waals surface area contributed by atoms with Crippen LogP contribution in [0.2, 0.25) is 5.02 Å². The Labute approximate surface area is 130 Å². The number of carbonyl (C=O) groups excluding carboxylic acids is 1. The number of nitrogens with one attached hydrogen (secondary N) is 1. The molecule has 0 aliphatic heterocycles. The first-order valence-electron chi connectivity index (χ1n) is 6.25. The van der Waals surface area contributed by atoms with Gasteiger partial charge < -0.3 is 10.5 Å². The van der Waals surface area contributed by atoms with Gasteiger partial charge >= 0.3 is 0 Å². The molecule has 0 radical (unpaired) electrons. The van der Waals surface area contributed by atoms with E-state index < -0.39 is 11.7 Å². The smallest absolute Gasteiger partial charge is 0.270 e. The zero-order valence-electron chi connectivity index (χ0n) is 11.5. The van der Waals surface area contributed by atoms with Gasteiger partial charge in [0.2, 0.25) is 0 Å². The van der Waals surface area contributed by atoms with Crippen LogP contribution in [0.5, 0.6) is 0 Å². The fourth-order valence-electron chi connectivity index (χ4n) is 1.75. The van der Waals surface area contributed by atoms with Crippen molar-refractivity contribution >= 4 is 23.7 Å². The van der Waals surface area contributed by atoms with E-state index in [1.165, 1.54) is 24.3 Å². The summed E-state index contributed by atoms with van der Waals surface area (Å²) in [5, 5.41) is 14.0. The van der Waals surface area contributed by atoms with E-state index in [0.29, 0.717) is 17.1 Å². The molecule has 22 heavy (non-hydrogen) atoms. The van der Waals surface area contributed by atoms with Crippen LogP contribution in [-0.4, -0.2) is 27.3 Å². The van der Waals surface area contributed by atoms with Crippen LogP contribution in [0.1, 0.15) is 27.6 Å². The lowest BCUT2D eigenvalue weighted by Crippen LogP contribution is -2.24. The van der Waals surface area contributed by atoms with Crippen molar-refractivity contribution in [3.8, 4) is 0 Å². The van der Waals surface area contributed by atoms with Crippen LogP contribution in [0.15, 0.2) is 29.4 Å². The predicted molar refractivity (Wildman–Crippen MR) is 78.7 cm³/mol. The van der Waals surface area contributed by atoms with Crippen molar-refractivity contribution in [1.82, 2.24) is 15.3 Å². The Morgan fingerprint density at radius 1 is 1.45 bits per heavy atom. The number of amides is 1. The maximum Gasteiger partial charge on any atom is 0.270 e. The third-order valence-corrected chi connectivity index (χ3v) is 3.01. The Morgan fingerprint density at radius 2 is 2.23 bits per heavy atom. The van der Waals surface area contributed by atoms with Gasteiger partial charge in [-0.3, -0.25) is 4.79 Å². The standard InChI is InChI=1S/C14H12ClFN4O2/c1-8-19-10(7-18-22)5-13(20-8)14(21)17-6-9-2-3-12(16)11(15)4-9/h2-5,7,22H,6H2,1H3,(H,17,21)/b18-7-. The van der Waals surface area contributed by atoms with Crippen molar-refractivity contribution < 1.29 is 14.4 Å². The zero-order valence-corrected chi connectivity index (χ0v) is 12.3. The molecule has 114 valence electrons. The topological polar surface area (TPSA) is 87.5 Å². The number of hydrogen-bond acceptors (Lipinski definition) is 5. The highest BCUT2D eigenvalue weighted by Gasteiger charge is 2.10. The maximum atomic E-state index is 13.1. The molecule has 0 fully saturated rings. The SMILES string of the molecule is Cc1nc(/C=N\O)cc(C(=O)NCc2ccc(F)c(Cl)c2)n1. The van der Waals surface area contributed by atoms with E-state index in [9.17, 15) is 9.18 Å². The minimum Gasteiger partial charge on any atom is -0.411 e. The minimum absolute atomic E-state index is 0.00827. The summed E-state index contributed by atoms with van der Waals surface area (Å²) in [4.78, 5) is 20.1. The van der Waals surface area contributed by atoms with Crippen LogP contribution in [0.25, 0.3) is 0 Å². The van der Waals surface area contributed by atoms with Gasteiger partial charge in [-0.1, -0.05) is 22.8 Å². The molecule has 6 nitrogen and oxygen atoms in total. The Kier molecular flexibility index (Phi) is 5.00. The van der Waals surface area contributed by atoms with Crippen LogP contribution in [0.3, 0.4) is 0 Å². The van der Waals surface area contributed by atoms with Crippen molar-refractivity contribution in [3.05, 3.63) is 57.9 Å². The summed E-state index contributed by atoms with van der Waals surface area (Å²) in [6, 6.07) is 5.58. The number of carbonyl (C=O) groups is 1. The molecule has 0 saturated heterocycles. The molecule has 2 rings (SSSR count). The maximum absolute atomic E-state index is 13.1. The fraction of sp³-hybridized carbons (Fsp3) is 0.143. The van der Waals surface area contributed by atoms with Gasteiger partial charge in [-0.15, -0.1) is 0 Å². The molecule has 0 bridgehead atoms. The highest BCUT2D eigenvalue weighted by Crippen LogP contribution is 2.15. The number of oxime groups is 1. The van der Waals surface area contributed by atoms with E-state index >= 15 is 0 Å². The number of halogens is 2. The van der Waals surface area contributed by atoms with E-state index in [0.717, 1.165) is 6.21 Å². The largest absolute Gasteiger partial charge is 0.411 e. The lowest BCUT2D eigenvalue weighted by Gasteiger charge is -2.07. The molecule has 0 aliphatic carbocycles. The van der Waals surface area contributed by atoms with Gasteiger partial charge in [-0.25, -0.2) is 14.4 Å². The van der Waals surface area contributed by atoms with Crippen LogP contribution in [-0.2, 0) is 6.54 Å². The summed E-state index contributed by atoms with van der Waals surface area (Å²) in [6.07, 6.45) is 1.10. The predicted octanol–water partition coefficient (Wildman–Crippen LogP) is 2.32. The Morgan fingerprint density at radius 3 is 2.91 bits per heavy atom. The zero-order chi connectivity index (χ0) is 16.1. The third-order valence-electron chi connectivity index (χ3n) is 2.72. The Hall–Kier alpha value is -2.54. The second kappa shape index (κ2) is 6.95. The number of nitrogens with zero attached hydrogens (tertiary/aromatic N) is 3. The van der Waals surface area contributed by atoms with Gasteiger partial charge in [-0.2, -0.15) is 0 Å². The minimum atomic E-state index is -0.517. The molecule has 0 saturated carbocycles. The van der Waals surface area contributed by atoms with E-state index in [1.54, 1.807) is 6.92 Å². The first-order valence-corrected chi connectivity index (χ1v) is 6.62. The van der Waals surface area contributed by atoms with E-state index in [4.69, 9.17) is 16.8 Å². The van der Waals surface area contributed by atoms with Crippen molar-refractivity contribution in [2.45, 2.75) is 13.5 Å². The van der Waals surface area contributed by atoms with E-state index in [-0.39, 0.29) is 17.3 Å². The van der Waals surface area contributed by atoms with Crippen molar-refractivity contribution in [2.24, 2.45) is 5.16 Å². The molecule has 2 aromatic rings. The molecule has 1 heterocycles. The molecule has 1 aromatic heterocycles. The normalized spacial score (nSPS) is 10.9. The van der Waals surface area contributed by atoms with Gasteiger partial charge in [0.1, 0.15) is 17.3 Å². The molecule has 1 amide bonds. The van der Waals surface area contributed by atoms with E-state index in [2.05, 4.69) is 20.4 Å². The third kappa shape index (κ3) is 3.98. The molecular weight excluding hydrogens is 311 g/mol. The Bertz CT molecular complexity index is 737. The van der Waals surface area contributed by atoms with Gasteiger partial charge in [0, 0.05) is 6.54 Å². The van der Waals surface area contributed by atoms with Crippen LogP contribution in [0, 0.1) is 12.7 Å². The number of aryl methyl sites for hydroxylation is 1. The summed E-state index contributed by atoms with van der Waals surface area (Å²) >= 11 is 5.68. The van der Waals surface area contributed by atoms with Crippen LogP contribution >= 0.6 is 11.6 Å². The lowest BCUT2D eigenvalue weighted by molar-refractivity contribution is 0.0945. The second-order valence-electron chi connectivity index (χ2n) is 4.40. The summed E-state index contributed by atoms with van der Waals surface area (Å²) < 4.78 is 13.1. The van der Waals surface area contributed by atoms with Gasteiger partial charge in [0.25, 0.3) is 5.91 Å². The fourth-order valence-corrected chi connectivity index (χ4v) is 1.96.